The highest BCUT2D eigenvalue weighted by Crippen LogP contribution is 2.14. The highest BCUT2D eigenvalue weighted by atomic mass is 16.5. The van der Waals surface area contributed by atoms with Gasteiger partial charge in [0.1, 0.15) is 18.2 Å². The van der Waals surface area contributed by atoms with E-state index in [1.165, 1.54) is 0 Å². The van der Waals surface area contributed by atoms with Crippen molar-refractivity contribution < 1.29 is 4.74 Å². The Morgan fingerprint density at radius 1 is 1.71 bits per heavy atom. The zero-order chi connectivity index (χ0) is 10.4. The minimum absolute atomic E-state index is 0.433. The number of rotatable bonds is 2. The second kappa shape index (κ2) is 5.54. The molecule has 4 nitrogen and oxygen atoms in total. The first-order valence-electron chi connectivity index (χ1n) is 4.86. The summed E-state index contributed by atoms with van der Waals surface area (Å²) in [5.74, 6) is 0.914. The molecule has 0 amide bonds. The van der Waals surface area contributed by atoms with Gasteiger partial charge < -0.3 is 4.74 Å². The molecule has 14 heavy (non-hydrogen) atoms. The molecule has 0 aliphatic carbocycles. The molecule has 1 aliphatic rings. The predicted octanol–water partition coefficient (Wildman–Crippen LogP) is 1.60. The van der Waals surface area contributed by atoms with Gasteiger partial charge in [-0.05, 0) is 6.92 Å². The molecule has 0 unspecified atom stereocenters. The monoisotopic (exact) mass is 195 g/mol. The van der Waals surface area contributed by atoms with E-state index in [2.05, 4.69) is 23.6 Å². The molecular formula is C10H17N3O. The van der Waals surface area contributed by atoms with Gasteiger partial charge in [0.2, 0.25) is 0 Å². The third-order valence-corrected chi connectivity index (χ3v) is 1.87. The Bertz CT molecular complexity index is 279. The summed E-state index contributed by atoms with van der Waals surface area (Å²) in [6.07, 6.45) is 4.44. The summed E-state index contributed by atoms with van der Waals surface area (Å²) in [5.41, 5.74) is 0. The molecule has 2 heterocycles. The predicted molar refractivity (Wildman–Crippen MR) is 55.1 cm³/mol. The first kappa shape index (κ1) is 10.9. The fourth-order valence-corrected chi connectivity index (χ4v) is 1.02. The van der Waals surface area contributed by atoms with Gasteiger partial charge in [0, 0.05) is 6.42 Å². The summed E-state index contributed by atoms with van der Waals surface area (Å²) in [6, 6.07) is 0.433. The molecule has 0 aromatic carbocycles. The Kier molecular flexibility index (Phi) is 4.32. The van der Waals surface area contributed by atoms with E-state index in [1.54, 1.807) is 12.4 Å². The van der Waals surface area contributed by atoms with Crippen LogP contribution in [0.4, 0.5) is 0 Å². The van der Waals surface area contributed by atoms with Crippen molar-refractivity contribution in [1.82, 2.24) is 14.8 Å². The molecule has 0 atom stereocenters. The second-order valence-corrected chi connectivity index (χ2v) is 3.09. The Balaban J connectivity index is 0.000000293. The molecule has 2 rings (SSSR count). The first-order chi connectivity index (χ1) is 6.81. The molecule has 1 aromatic rings. The van der Waals surface area contributed by atoms with Crippen molar-refractivity contribution in [2.45, 2.75) is 26.3 Å². The Morgan fingerprint density at radius 3 is 2.71 bits per heavy atom. The maximum atomic E-state index is 5.04. The van der Waals surface area contributed by atoms with Crippen molar-refractivity contribution in [2.24, 2.45) is 0 Å². The zero-order valence-electron chi connectivity index (χ0n) is 8.81. The van der Waals surface area contributed by atoms with E-state index in [4.69, 9.17) is 4.74 Å². The molecule has 1 saturated heterocycles. The van der Waals surface area contributed by atoms with E-state index in [1.807, 2.05) is 11.6 Å². The summed E-state index contributed by atoms with van der Waals surface area (Å²) in [4.78, 5) is 4.13. The number of allylic oxidation sites excluding steroid dienone is 1. The fraction of sp³-hybridized carbons (Fsp3) is 0.600. The van der Waals surface area contributed by atoms with Crippen molar-refractivity contribution in [1.29, 1.82) is 0 Å². The molecular weight excluding hydrogens is 178 g/mol. The summed E-state index contributed by atoms with van der Waals surface area (Å²) < 4.78 is 6.93. The lowest BCUT2D eigenvalue weighted by Crippen LogP contribution is -2.31. The van der Waals surface area contributed by atoms with Gasteiger partial charge in [0.25, 0.3) is 0 Å². The molecule has 0 N–H and O–H groups in total. The molecule has 0 bridgehead atoms. The van der Waals surface area contributed by atoms with Gasteiger partial charge in [-0.3, -0.25) is 0 Å². The minimum Gasteiger partial charge on any atom is -0.377 e. The van der Waals surface area contributed by atoms with Crippen molar-refractivity contribution in [3.8, 4) is 0 Å². The van der Waals surface area contributed by atoms with Crippen LogP contribution in [0.2, 0.25) is 0 Å². The van der Waals surface area contributed by atoms with Gasteiger partial charge in [-0.2, -0.15) is 5.10 Å². The highest BCUT2D eigenvalue weighted by molar-refractivity contribution is 4.83. The lowest BCUT2D eigenvalue weighted by Gasteiger charge is -2.25. The van der Waals surface area contributed by atoms with Crippen molar-refractivity contribution in [3.05, 3.63) is 24.8 Å². The summed E-state index contributed by atoms with van der Waals surface area (Å²) in [7, 11) is 0. The third-order valence-electron chi connectivity index (χ3n) is 1.87. The minimum atomic E-state index is 0.433. The van der Waals surface area contributed by atoms with Gasteiger partial charge in [-0.1, -0.05) is 13.0 Å². The molecule has 0 saturated carbocycles. The van der Waals surface area contributed by atoms with Crippen LogP contribution in [0.5, 0.6) is 0 Å². The second-order valence-electron chi connectivity index (χ2n) is 3.09. The van der Waals surface area contributed by atoms with E-state index in [-0.39, 0.29) is 0 Å². The molecule has 1 fully saturated rings. The van der Waals surface area contributed by atoms with Crippen LogP contribution in [0, 0.1) is 0 Å². The fourth-order valence-electron chi connectivity index (χ4n) is 1.02. The van der Waals surface area contributed by atoms with Crippen LogP contribution < -0.4 is 0 Å². The molecule has 78 valence electrons. The number of nitrogens with zero attached hydrogens (tertiary/aromatic N) is 3. The van der Waals surface area contributed by atoms with Gasteiger partial charge in [-0.25, -0.2) is 9.67 Å². The quantitative estimate of drug-likeness (QED) is 0.673. The summed E-state index contributed by atoms with van der Waals surface area (Å²) in [5, 5.41) is 4.28. The molecule has 1 aromatic heterocycles. The first-order valence-corrected chi connectivity index (χ1v) is 4.86. The van der Waals surface area contributed by atoms with Crippen LogP contribution in [0.25, 0.3) is 0 Å². The number of hydrogen-bond acceptors (Lipinski definition) is 3. The summed E-state index contributed by atoms with van der Waals surface area (Å²) in [6.45, 7) is 8.87. The number of aryl methyl sites for hydroxylation is 1. The normalized spacial score (nSPS) is 15.3. The smallest absolute Gasteiger partial charge is 0.150 e. The topological polar surface area (TPSA) is 39.9 Å². The SMILES string of the molecule is C=CC.CCc1ncn(C2COC2)n1. The molecule has 0 spiro atoms. The molecule has 0 radical (unpaired) electrons. The zero-order valence-corrected chi connectivity index (χ0v) is 8.81. The van der Waals surface area contributed by atoms with Gasteiger partial charge in [0.05, 0.1) is 13.2 Å². The van der Waals surface area contributed by atoms with Crippen molar-refractivity contribution in [3.63, 3.8) is 0 Å². The Labute approximate surface area is 84.6 Å². The van der Waals surface area contributed by atoms with Crippen LogP contribution in [-0.2, 0) is 11.2 Å². The summed E-state index contributed by atoms with van der Waals surface area (Å²) >= 11 is 0. The van der Waals surface area contributed by atoms with E-state index in [0.717, 1.165) is 25.5 Å². The van der Waals surface area contributed by atoms with Crippen LogP contribution in [0.1, 0.15) is 25.7 Å². The van der Waals surface area contributed by atoms with Gasteiger partial charge >= 0.3 is 0 Å². The number of aromatic nitrogens is 3. The van der Waals surface area contributed by atoms with Gasteiger partial charge in [-0.15, -0.1) is 6.58 Å². The highest BCUT2D eigenvalue weighted by Gasteiger charge is 2.21. The Hall–Kier alpha value is -1.16. The van der Waals surface area contributed by atoms with E-state index in [9.17, 15) is 0 Å². The number of ether oxygens (including phenoxy) is 1. The van der Waals surface area contributed by atoms with Crippen molar-refractivity contribution in [2.75, 3.05) is 13.2 Å². The largest absolute Gasteiger partial charge is 0.377 e. The van der Waals surface area contributed by atoms with Gasteiger partial charge in [0.15, 0.2) is 0 Å². The van der Waals surface area contributed by atoms with E-state index >= 15 is 0 Å². The lowest BCUT2D eigenvalue weighted by atomic mass is 10.3. The van der Waals surface area contributed by atoms with Crippen LogP contribution in [-0.4, -0.2) is 28.0 Å². The van der Waals surface area contributed by atoms with E-state index in [0.29, 0.717) is 6.04 Å². The van der Waals surface area contributed by atoms with E-state index < -0.39 is 0 Å². The molecule has 4 heteroatoms. The molecule has 1 aliphatic heterocycles. The maximum Gasteiger partial charge on any atom is 0.150 e. The maximum absolute atomic E-state index is 5.04. The lowest BCUT2D eigenvalue weighted by molar-refractivity contribution is -0.0289. The van der Waals surface area contributed by atoms with Crippen molar-refractivity contribution >= 4 is 0 Å². The van der Waals surface area contributed by atoms with Crippen LogP contribution in [0.15, 0.2) is 19.0 Å². The van der Waals surface area contributed by atoms with Crippen LogP contribution >= 0.6 is 0 Å². The Morgan fingerprint density at radius 2 is 2.36 bits per heavy atom. The average molecular weight is 195 g/mol. The average Bonchev–Trinajstić information content (AvgIpc) is 2.51. The third kappa shape index (κ3) is 2.67. The number of hydrogen-bond donors (Lipinski definition) is 0. The standard InChI is InChI=1S/C7H11N3O.C3H6/c1-2-7-8-5-10(9-7)6-3-11-4-6;1-3-2/h5-6H,2-4H2,1H3;3H,1H2,2H3. The van der Waals surface area contributed by atoms with Crippen LogP contribution in [0.3, 0.4) is 0 Å².